The molecule has 0 bridgehead atoms. The molecule has 4 heteroatoms. The summed E-state index contributed by atoms with van der Waals surface area (Å²) in [4.78, 5) is 10.9. The minimum Gasteiger partial charge on any atom is -0.397 e. The molecule has 0 aliphatic heterocycles. The average molecular weight is 204 g/mol. The highest BCUT2D eigenvalue weighted by Crippen LogP contribution is 2.30. The van der Waals surface area contributed by atoms with E-state index in [0.717, 1.165) is 0 Å². The van der Waals surface area contributed by atoms with E-state index in [1.807, 2.05) is 0 Å². The lowest BCUT2D eigenvalue weighted by Crippen LogP contribution is -2.00. The molecule has 0 radical (unpaired) electrons. The molecule has 2 N–H and O–H groups in total. The number of rotatable bonds is 1. The fraction of sp³-hybridized carbons (Fsp3) is 0.125. The topological polar surface area (TPSA) is 43.1 Å². The molecule has 0 aliphatic rings. The molecule has 2 nitrogen and oxygen atoms in total. The Kier molecular flexibility index (Phi) is 2.60. The zero-order valence-corrected chi connectivity index (χ0v) is 7.91. The summed E-state index contributed by atoms with van der Waals surface area (Å²) in [6.45, 7) is 1.43. The normalized spacial score (nSPS) is 9.92. The monoisotopic (exact) mass is 203 g/mol. The fourth-order valence-corrected chi connectivity index (χ4v) is 1.20. The van der Waals surface area contributed by atoms with Gasteiger partial charge in [-0.15, -0.1) is 0 Å². The van der Waals surface area contributed by atoms with Crippen LogP contribution in [0, 0.1) is 0 Å². The Bertz CT molecular complexity index is 336. The number of carbonyl (C=O) groups excluding carboxylic acids is 1. The van der Waals surface area contributed by atoms with Crippen LogP contribution in [0.1, 0.15) is 17.3 Å². The van der Waals surface area contributed by atoms with Gasteiger partial charge in [-0.25, -0.2) is 0 Å². The van der Waals surface area contributed by atoms with E-state index in [1.165, 1.54) is 6.92 Å². The smallest absolute Gasteiger partial charge is 0.161 e. The van der Waals surface area contributed by atoms with Crippen LogP contribution in [0.5, 0.6) is 0 Å². The van der Waals surface area contributed by atoms with Crippen LogP contribution >= 0.6 is 23.2 Å². The summed E-state index contributed by atoms with van der Waals surface area (Å²) < 4.78 is 0. The van der Waals surface area contributed by atoms with Crippen LogP contribution < -0.4 is 5.73 Å². The number of Topliss-reactive ketones (excluding diaryl/α,β-unsaturated/α-hetero) is 1. The van der Waals surface area contributed by atoms with Crippen molar-refractivity contribution in [2.45, 2.75) is 6.92 Å². The zero-order valence-electron chi connectivity index (χ0n) is 6.40. The number of carbonyl (C=O) groups is 1. The van der Waals surface area contributed by atoms with Gasteiger partial charge in [-0.2, -0.15) is 0 Å². The molecule has 0 amide bonds. The van der Waals surface area contributed by atoms with Gasteiger partial charge in [-0.1, -0.05) is 23.2 Å². The second-order valence-electron chi connectivity index (χ2n) is 2.38. The van der Waals surface area contributed by atoms with E-state index < -0.39 is 0 Å². The van der Waals surface area contributed by atoms with Crippen LogP contribution in [-0.2, 0) is 0 Å². The Morgan fingerprint density at radius 3 is 2.50 bits per heavy atom. The molecule has 1 aromatic rings. The number of anilines is 1. The van der Waals surface area contributed by atoms with Gasteiger partial charge in [0.1, 0.15) is 0 Å². The summed E-state index contributed by atoms with van der Waals surface area (Å²) >= 11 is 11.4. The van der Waals surface area contributed by atoms with E-state index >= 15 is 0 Å². The van der Waals surface area contributed by atoms with Crippen molar-refractivity contribution < 1.29 is 4.79 Å². The number of ketones is 1. The van der Waals surface area contributed by atoms with E-state index in [2.05, 4.69) is 0 Å². The molecule has 0 unspecified atom stereocenters. The standard InChI is InChI=1S/C8H7Cl2NO/c1-4(12)5-2-3-6(9)7(10)8(5)11/h2-3H,11H2,1H3. The number of nitrogen functional groups attached to an aromatic ring is 1. The molecule has 0 aromatic heterocycles. The van der Waals surface area contributed by atoms with Crippen molar-refractivity contribution in [2.24, 2.45) is 0 Å². The van der Waals surface area contributed by atoms with Gasteiger partial charge in [0, 0.05) is 5.56 Å². The highest BCUT2D eigenvalue weighted by Gasteiger charge is 2.09. The third-order valence-electron chi connectivity index (χ3n) is 1.51. The Morgan fingerprint density at radius 2 is 2.00 bits per heavy atom. The Morgan fingerprint density at radius 1 is 1.42 bits per heavy atom. The molecule has 1 aromatic carbocycles. The van der Waals surface area contributed by atoms with E-state index in [4.69, 9.17) is 28.9 Å². The molecule has 0 saturated carbocycles. The van der Waals surface area contributed by atoms with Gasteiger partial charge < -0.3 is 5.73 Å². The molecule has 0 saturated heterocycles. The molecule has 0 atom stereocenters. The molecular weight excluding hydrogens is 197 g/mol. The first-order valence-electron chi connectivity index (χ1n) is 3.28. The number of hydrogen-bond donors (Lipinski definition) is 1. The van der Waals surface area contributed by atoms with Crippen LogP contribution in [0.2, 0.25) is 10.0 Å². The van der Waals surface area contributed by atoms with Gasteiger partial charge in [0.25, 0.3) is 0 Å². The summed E-state index contributed by atoms with van der Waals surface area (Å²) in [5.41, 5.74) is 6.20. The highest BCUT2D eigenvalue weighted by molar-refractivity contribution is 6.44. The van der Waals surface area contributed by atoms with Crippen molar-refractivity contribution in [1.29, 1.82) is 0 Å². The quantitative estimate of drug-likeness (QED) is 0.564. The van der Waals surface area contributed by atoms with Gasteiger partial charge >= 0.3 is 0 Å². The van der Waals surface area contributed by atoms with Crippen molar-refractivity contribution in [3.63, 3.8) is 0 Å². The maximum Gasteiger partial charge on any atom is 0.161 e. The van der Waals surface area contributed by atoms with E-state index in [1.54, 1.807) is 12.1 Å². The lowest BCUT2D eigenvalue weighted by molar-refractivity contribution is 0.101. The number of halogens is 2. The van der Waals surface area contributed by atoms with Crippen LogP contribution in [0.3, 0.4) is 0 Å². The SMILES string of the molecule is CC(=O)c1ccc(Cl)c(Cl)c1N. The zero-order chi connectivity index (χ0) is 9.30. The van der Waals surface area contributed by atoms with Gasteiger partial charge in [0.05, 0.1) is 15.7 Å². The van der Waals surface area contributed by atoms with Crippen molar-refractivity contribution in [3.8, 4) is 0 Å². The maximum atomic E-state index is 10.9. The predicted octanol–water partition coefficient (Wildman–Crippen LogP) is 2.78. The van der Waals surface area contributed by atoms with Crippen LogP contribution in [0.15, 0.2) is 12.1 Å². The lowest BCUT2D eigenvalue weighted by Gasteiger charge is -2.04. The minimum absolute atomic E-state index is 0.119. The van der Waals surface area contributed by atoms with Crippen molar-refractivity contribution in [2.75, 3.05) is 5.73 Å². The van der Waals surface area contributed by atoms with E-state index in [0.29, 0.717) is 10.6 Å². The molecule has 64 valence electrons. The number of hydrogen-bond acceptors (Lipinski definition) is 2. The summed E-state index contributed by atoms with van der Waals surface area (Å²) in [5, 5.41) is 0.600. The molecular formula is C8H7Cl2NO. The lowest BCUT2D eigenvalue weighted by atomic mass is 10.1. The van der Waals surface area contributed by atoms with Crippen molar-refractivity contribution >= 4 is 34.7 Å². The van der Waals surface area contributed by atoms with Crippen molar-refractivity contribution in [3.05, 3.63) is 27.7 Å². The molecule has 0 heterocycles. The average Bonchev–Trinajstić information content (AvgIpc) is 2.00. The summed E-state index contributed by atoms with van der Waals surface area (Å²) in [5.74, 6) is -0.119. The second-order valence-corrected chi connectivity index (χ2v) is 3.16. The van der Waals surface area contributed by atoms with Crippen LogP contribution in [0.4, 0.5) is 5.69 Å². The number of nitrogens with two attached hydrogens (primary N) is 1. The minimum atomic E-state index is -0.119. The van der Waals surface area contributed by atoms with Crippen molar-refractivity contribution in [1.82, 2.24) is 0 Å². The van der Waals surface area contributed by atoms with Gasteiger partial charge in [-0.3, -0.25) is 4.79 Å². The first-order chi connectivity index (χ1) is 5.54. The Balaban J connectivity index is 3.36. The Hall–Kier alpha value is -0.730. The third kappa shape index (κ3) is 1.54. The van der Waals surface area contributed by atoms with E-state index in [9.17, 15) is 4.79 Å². The predicted molar refractivity (Wildman–Crippen MR) is 50.9 cm³/mol. The highest BCUT2D eigenvalue weighted by atomic mass is 35.5. The largest absolute Gasteiger partial charge is 0.397 e. The van der Waals surface area contributed by atoms with Crippen LogP contribution in [-0.4, -0.2) is 5.78 Å². The summed E-state index contributed by atoms with van der Waals surface area (Å²) in [6, 6.07) is 3.11. The number of benzene rings is 1. The second kappa shape index (κ2) is 3.33. The van der Waals surface area contributed by atoms with E-state index in [-0.39, 0.29) is 16.5 Å². The van der Waals surface area contributed by atoms with Crippen LogP contribution in [0.25, 0.3) is 0 Å². The fourth-order valence-electron chi connectivity index (χ4n) is 0.873. The third-order valence-corrected chi connectivity index (χ3v) is 2.33. The Labute approximate surface area is 80.3 Å². The molecule has 1 rings (SSSR count). The summed E-state index contributed by atoms with van der Waals surface area (Å²) in [7, 11) is 0. The first-order valence-corrected chi connectivity index (χ1v) is 4.04. The molecule has 0 aliphatic carbocycles. The first kappa shape index (κ1) is 9.36. The molecule has 12 heavy (non-hydrogen) atoms. The maximum absolute atomic E-state index is 10.9. The summed E-state index contributed by atoms with van der Waals surface area (Å²) in [6.07, 6.45) is 0. The molecule has 0 spiro atoms. The van der Waals surface area contributed by atoms with Gasteiger partial charge in [-0.05, 0) is 19.1 Å². The molecule has 0 fully saturated rings. The van der Waals surface area contributed by atoms with Gasteiger partial charge in [0.15, 0.2) is 5.78 Å². The van der Waals surface area contributed by atoms with Gasteiger partial charge in [0.2, 0.25) is 0 Å².